The van der Waals surface area contributed by atoms with Crippen molar-refractivity contribution in [3.63, 3.8) is 0 Å². The highest BCUT2D eigenvalue weighted by molar-refractivity contribution is 5.05. The zero-order valence-corrected chi connectivity index (χ0v) is 6.69. The lowest BCUT2D eigenvalue weighted by molar-refractivity contribution is -0.260. The average molecular weight is 246 g/mol. The van der Waals surface area contributed by atoms with Crippen LogP contribution in [0.4, 0.5) is 39.5 Å². The number of alkyl halides is 8. The summed E-state index contributed by atoms with van der Waals surface area (Å²) in [6, 6.07) is 0. The fraction of sp³-hybridized carbons (Fsp3) is 0.667. The second-order valence-electron chi connectivity index (χ2n) is 2.50. The molecule has 0 amide bonds. The fourth-order valence-electron chi connectivity index (χ4n) is 0.521. The molecule has 0 heterocycles. The highest BCUT2D eigenvalue weighted by Gasteiger charge is 2.56. The van der Waals surface area contributed by atoms with Gasteiger partial charge in [0.25, 0.3) is 0 Å². The van der Waals surface area contributed by atoms with E-state index in [2.05, 4.69) is 0 Å². The topological polar surface area (TPSA) is 0 Å². The van der Waals surface area contributed by atoms with E-state index in [0.717, 1.165) is 0 Å². The van der Waals surface area contributed by atoms with Gasteiger partial charge in [0.1, 0.15) is 5.83 Å². The van der Waals surface area contributed by atoms with Gasteiger partial charge in [0.15, 0.2) is 0 Å². The van der Waals surface area contributed by atoms with E-state index in [4.69, 9.17) is 0 Å². The molecule has 0 rings (SSSR count). The maximum absolute atomic E-state index is 12.1. The van der Waals surface area contributed by atoms with Crippen LogP contribution in [0, 0.1) is 0 Å². The molecule has 9 heteroatoms. The lowest BCUT2D eigenvalue weighted by atomic mass is 10.2. The van der Waals surface area contributed by atoms with Crippen molar-refractivity contribution in [1.29, 1.82) is 0 Å². The van der Waals surface area contributed by atoms with E-state index in [1.54, 1.807) is 0 Å². The van der Waals surface area contributed by atoms with Crippen molar-refractivity contribution in [1.82, 2.24) is 0 Å². The van der Waals surface area contributed by atoms with Gasteiger partial charge in [0.05, 0.1) is 6.42 Å². The molecule has 15 heavy (non-hydrogen) atoms. The van der Waals surface area contributed by atoms with Crippen LogP contribution >= 0.6 is 0 Å². The maximum atomic E-state index is 12.1. The van der Waals surface area contributed by atoms with E-state index in [-0.39, 0.29) is 0 Å². The minimum Gasteiger partial charge on any atom is -0.212 e. The summed E-state index contributed by atoms with van der Waals surface area (Å²) in [6.07, 6.45) is -15.1. The smallest absolute Gasteiger partial charge is 0.212 e. The van der Waals surface area contributed by atoms with Gasteiger partial charge >= 0.3 is 18.3 Å². The first-order chi connectivity index (χ1) is 6.35. The average Bonchev–Trinajstić information content (AvgIpc) is 1.75. The first-order valence-corrected chi connectivity index (χ1v) is 3.24. The van der Waals surface area contributed by atoms with Crippen LogP contribution < -0.4 is 0 Å². The molecule has 0 aromatic rings. The summed E-state index contributed by atoms with van der Waals surface area (Å²) < 4.78 is 104. The van der Waals surface area contributed by atoms with Crippen LogP contribution in [0.1, 0.15) is 6.42 Å². The molecule has 0 aromatic heterocycles. The Morgan fingerprint density at radius 1 is 0.867 bits per heavy atom. The van der Waals surface area contributed by atoms with E-state index in [9.17, 15) is 39.5 Å². The van der Waals surface area contributed by atoms with Crippen LogP contribution in [0.3, 0.4) is 0 Å². The lowest BCUT2D eigenvalue weighted by Gasteiger charge is -2.16. The molecule has 0 bridgehead atoms. The van der Waals surface area contributed by atoms with Gasteiger partial charge in [-0.05, 0) is 0 Å². The van der Waals surface area contributed by atoms with Crippen molar-refractivity contribution >= 4 is 0 Å². The summed E-state index contributed by atoms with van der Waals surface area (Å²) in [7, 11) is 0. The molecule has 0 aliphatic carbocycles. The molecule has 0 N–H and O–H groups in total. The Labute approximate surface area is 77.4 Å². The van der Waals surface area contributed by atoms with Gasteiger partial charge in [-0.15, -0.1) is 0 Å². The third-order valence-corrected chi connectivity index (χ3v) is 1.09. The lowest BCUT2D eigenvalue weighted by Crippen LogP contribution is -2.34. The monoisotopic (exact) mass is 246 g/mol. The number of hydrogen-bond acceptors (Lipinski definition) is 0. The predicted octanol–water partition coefficient (Wildman–Crippen LogP) is 3.99. The molecule has 0 saturated heterocycles. The van der Waals surface area contributed by atoms with Gasteiger partial charge in [-0.25, -0.2) is 4.39 Å². The van der Waals surface area contributed by atoms with Crippen molar-refractivity contribution in [2.75, 3.05) is 0 Å². The Balaban J connectivity index is 4.76. The molecule has 0 aliphatic rings. The summed E-state index contributed by atoms with van der Waals surface area (Å²) in [5, 5.41) is 0. The van der Waals surface area contributed by atoms with E-state index in [1.165, 1.54) is 0 Å². The van der Waals surface area contributed by atoms with Gasteiger partial charge in [-0.1, -0.05) is 0 Å². The maximum Gasteiger partial charge on any atom is 0.457 e. The summed E-state index contributed by atoms with van der Waals surface area (Å²) in [5.74, 6) is -8.19. The summed E-state index contributed by atoms with van der Waals surface area (Å²) in [6.45, 7) is 0. The van der Waals surface area contributed by atoms with Gasteiger partial charge in [0.2, 0.25) is 0 Å². The third kappa shape index (κ3) is 4.93. The van der Waals surface area contributed by atoms with Crippen LogP contribution in [0.2, 0.25) is 0 Å². The Bertz CT molecular complexity index is 242. The van der Waals surface area contributed by atoms with Crippen molar-refractivity contribution in [3.8, 4) is 0 Å². The van der Waals surface area contributed by atoms with E-state index in [0.29, 0.717) is 0 Å². The number of halogens is 9. The highest BCUT2D eigenvalue weighted by Crippen LogP contribution is 2.38. The molecule has 0 radical (unpaired) electrons. The first-order valence-electron chi connectivity index (χ1n) is 3.24. The first kappa shape index (κ1) is 14.1. The van der Waals surface area contributed by atoms with Gasteiger partial charge < -0.3 is 0 Å². The number of hydrogen-bond donors (Lipinski definition) is 0. The fourth-order valence-corrected chi connectivity index (χ4v) is 0.521. The largest absolute Gasteiger partial charge is 0.457 e. The Morgan fingerprint density at radius 3 is 1.53 bits per heavy atom. The molecule has 0 fully saturated rings. The summed E-state index contributed by atoms with van der Waals surface area (Å²) >= 11 is 0. The third-order valence-electron chi connectivity index (χ3n) is 1.09. The van der Waals surface area contributed by atoms with Crippen LogP contribution in [0.25, 0.3) is 0 Å². The molecule has 0 aromatic carbocycles. The van der Waals surface area contributed by atoms with E-state index >= 15 is 0 Å². The molecule has 90 valence electrons. The molecule has 0 saturated carbocycles. The summed E-state index contributed by atoms with van der Waals surface area (Å²) in [5.41, 5.74) is 0. The Hall–Kier alpha value is -0.890. The zero-order valence-electron chi connectivity index (χ0n) is 6.69. The second-order valence-corrected chi connectivity index (χ2v) is 2.50. The quantitative estimate of drug-likeness (QED) is 0.646. The standard InChI is InChI=1S/C6H3F9/c7-3(2-5(10,11)12)1-4(8,9)6(13,14)15/h1H,2H2. The van der Waals surface area contributed by atoms with Crippen LogP contribution in [-0.4, -0.2) is 18.3 Å². The van der Waals surface area contributed by atoms with Crippen LogP contribution in [0.15, 0.2) is 11.9 Å². The summed E-state index contributed by atoms with van der Waals surface area (Å²) in [4.78, 5) is 0. The minimum atomic E-state index is -6.12. The molecule has 0 nitrogen and oxygen atoms in total. The minimum absolute atomic E-state index is 1.39. The molecule has 0 aliphatic heterocycles. The molecule has 0 spiro atoms. The van der Waals surface area contributed by atoms with Gasteiger partial charge in [-0.3, -0.25) is 0 Å². The SMILES string of the molecule is FC(=CC(F)(F)C(F)(F)F)CC(F)(F)F. The molecular formula is C6H3F9. The van der Waals surface area contributed by atoms with Crippen LogP contribution in [0.5, 0.6) is 0 Å². The van der Waals surface area contributed by atoms with Crippen molar-refractivity contribution in [3.05, 3.63) is 11.9 Å². The molecule has 0 unspecified atom stereocenters. The molecular weight excluding hydrogens is 243 g/mol. The Kier molecular flexibility index (Phi) is 3.70. The number of rotatable bonds is 2. The van der Waals surface area contributed by atoms with Crippen molar-refractivity contribution in [2.45, 2.75) is 24.7 Å². The van der Waals surface area contributed by atoms with Gasteiger partial charge in [-0.2, -0.15) is 35.1 Å². The van der Waals surface area contributed by atoms with E-state index in [1.807, 2.05) is 0 Å². The normalized spacial score (nSPS) is 15.7. The number of allylic oxidation sites excluding steroid dienone is 2. The van der Waals surface area contributed by atoms with Crippen LogP contribution in [-0.2, 0) is 0 Å². The second kappa shape index (κ2) is 3.93. The van der Waals surface area contributed by atoms with E-state index < -0.39 is 36.6 Å². The Morgan fingerprint density at radius 2 is 1.27 bits per heavy atom. The molecule has 0 atom stereocenters. The zero-order chi connectivity index (χ0) is 12.5. The van der Waals surface area contributed by atoms with Gasteiger partial charge in [0, 0.05) is 6.08 Å². The predicted molar refractivity (Wildman–Crippen MR) is 30.9 cm³/mol. The van der Waals surface area contributed by atoms with Crippen molar-refractivity contribution < 1.29 is 39.5 Å². The van der Waals surface area contributed by atoms with Crippen molar-refractivity contribution in [2.24, 2.45) is 0 Å². The highest BCUT2D eigenvalue weighted by atomic mass is 19.4.